The van der Waals surface area contributed by atoms with Crippen LogP contribution < -0.4 is 4.90 Å². The molecule has 1 atom stereocenters. The van der Waals surface area contributed by atoms with E-state index in [0.29, 0.717) is 20.1 Å². The molecule has 0 aliphatic rings. The van der Waals surface area contributed by atoms with E-state index in [2.05, 4.69) is 44.4 Å². The molecule has 7 heteroatoms. The highest BCUT2D eigenvalue weighted by atomic mass is 35.5. The van der Waals surface area contributed by atoms with Crippen LogP contribution >= 0.6 is 69.9 Å². The minimum atomic E-state index is 0.167. The molecule has 0 fully saturated rings. The Morgan fingerprint density at radius 1 is 0.694 bits per heavy atom. The monoisotopic (exact) mass is 592 g/mol. The van der Waals surface area contributed by atoms with Gasteiger partial charge in [-0.1, -0.05) is 112 Å². The van der Waals surface area contributed by atoms with Crippen molar-refractivity contribution in [3.8, 4) is 0 Å². The third kappa shape index (κ3) is 7.17. The summed E-state index contributed by atoms with van der Waals surface area (Å²) >= 11 is 29.9. The Morgan fingerprint density at radius 2 is 1.28 bits per heavy atom. The van der Waals surface area contributed by atoms with Gasteiger partial charge in [0.15, 0.2) is 0 Å². The summed E-state index contributed by atoms with van der Waals surface area (Å²) in [6, 6.07) is 28.4. The molecule has 1 N–H and O–H groups in total. The molecule has 186 valence electrons. The first kappa shape index (κ1) is 27.7. The molecule has 4 aromatic rings. The lowest BCUT2D eigenvalue weighted by molar-refractivity contribution is -0.859. The highest BCUT2D eigenvalue weighted by Gasteiger charge is 2.25. The SMILES string of the molecule is C[NH+](C)C[C@H](Cc1cc(Cl)cc(Cl)c1Sc1ccccc1)c1ccc(Cl)c(Cl)c1Sc1ccccc1. The molecule has 0 bridgehead atoms. The van der Waals surface area contributed by atoms with Crippen molar-refractivity contribution in [3.63, 3.8) is 0 Å². The maximum atomic E-state index is 6.82. The summed E-state index contributed by atoms with van der Waals surface area (Å²) in [4.78, 5) is 5.61. The molecule has 0 saturated heterocycles. The predicted octanol–water partition coefficient (Wildman–Crippen LogP) is 9.07. The average Bonchev–Trinajstić information content (AvgIpc) is 2.85. The number of quaternary nitrogens is 1. The van der Waals surface area contributed by atoms with Gasteiger partial charge < -0.3 is 4.90 Å². The molecular formula is C29H26Cl4NS2+. The molecule has 36 heavy (non-hydrogen) atoms. The van der Waals surface area contributed by atoms with Crippen LogP contribution in [0.2, 0.25) is 20.1 Å². The molecule has 0 heterocycles. The zero-order chi connectivity index (χ0) is 25.7. The van der Waals surface area contributed by atoms with E-state index in [4.69, 9.17) is 46.4 Å². The number of likely N-dealkylation sites (N-methyl/N-ethyl adjacent to an activating group) is 1. The van der Waals surface area contributed by atoms with Crippen molar-refractivity contribution in [3.05, 3.63) is 116 Å². The normalized spacial score (nSPS) is 12.2. The van der Waals surface area contributed by atoms with E-state index in [1.165, 1.54) is 10.5 Å². The Morgan fingerprint density at radius 3 is 1.86 bits per heavy atom. The van der Waals surface area contributed by atoms with Crippen molar-refractivity contribution < 1.29 is 4.90 Å². The van der Waals surface area contributed by atoms with Crippen LogP contribution in [0.25, 0.3) is 0 Å². The zero-order valence-electron chi connectivity index (χ0n) is 19.9. The summed E-state index contributed by atoms with van der Waals surface area (Å²) < 4.78 is 0. The van der Waals surface area contributed by atoms with Crippen molar-refractivity contribution >= 4 is 69.9 Å². The number of nitrogens with one attached hydrogen (secondary N) is 1. The van der Waals surface area contributed by atoms with Gasteiger partial charge in [0.05, 0.1) is 35.7 Å². The Kier molecular flexibility index (Phi) is 9.99. The summed E-state index contributed by atoms with van der Waals surface area (Å²) in [6.07, 6.45) is 0.765. The van der Waals surface area contributed by atoms with Gasteiger partial charge >= 0.3 is 0 Å². The van der Waals surface area contributed by atoms with Crippen molar-refractivity contribution in [1.82, 2.24) is 0 Å². The summed E-state index contributed by atoms with van der Waals surface area (Å²) in [5.74, 6) is 0.167. The van der Waals surface area contributed by atoms with Crippen LogP contribution in [0.15, 0.2) is 105 Å². The van der Waals surface area contributed by atoms with E-state index in [0.717, 1.165) is 38.1 Å². The molecule has 1 nitrogen and oxygen atoms in total. The molecule has 0 aliphatic carbocycles. The quantitative estimate of drug-likeness (QED) is 0.206. The fourth-order valence-corrected chi connectivity index (χ4v) is 7.31. The van der Waals surface area contributed by atoms with Crippen LogP contribution in [0.1, 0.15) is 17.0 Å². The Balaban J connectivity index is 1.77. The van der Waals surface area contributed by atoms with E-state index >= 15 is 0 Å². The predicted molar refractivity (Wildman–Crippen MR) is 158 cm³/mol. The molecule has 0 aliphatic heterocycles. The maximum Gasteiger partial charge on any atom is 0.0840 e. The van der Waals surface area contributed by atoms with E-state index in [9.17, 15) is 0 Å². The van der Waals surface area contributed by atoms with Gasteiger partial charge in [-0.05, 0) is 60.0 Å². The Hall–Kier alpha value is -1.30. The number of rotatable bonds is 9. The van der Waals surface area contributed by atoms with E-state index in [1.54, 1.807) is 23.5 Å². The minimum Gasteiger partial charge on any atom is -0.339 e. The lowest BCUT2D eigenvalue weighted by Gasteiger charge is -2.24. The molecule has 0 spiro atoms. The molecule has 0 aromatic heterocycles. The minimum absolute atomic E-state index is 0.167. The standard InChI is InChI=1S/C29H25Cl4NS2/c1-34(2)18-20(24-13-14-25(31)27(33)29(24)36-23-11-7-4-8-12-23)15-19-16-21(30)17-26(32)28(19)35-22-9-5-3-6-10-22/h3-14,16-17,20H,15,18H2,1-2H3/p+1/t20-/m0/s1. The fraction of sp³-hybridized carbons (Fsp3) is 0.172. The number of hydrogen-bond acceptors (Lipinski definition) is 2. The molecule has 4 rings (SSSR count). The van der Waals surface area contributed by atoms with Crippen LogP contribution in [-0.2, 0) is 6.42 Å². The van der Waals surface area contributed by atoms with Gasteiger partial charge in [-0.2, -0.15) is 0 Å². The van der Waals surface area contributed by atoms with Crippen molar-refractivity contribution in [2.45, 2.75) is 31.9 Å². The average molecular weight is 594 g/mol. The topological polar surface area (TPSA) is 4.44 Å². The van der Waals surface area contributed by atoms with Crippen molar-refractivity contribution in [1.29, 1.82) is 0 Å². The van der Waals surface area contributed by atoms with Gasteiger partial charge in [0, 0.05) is 30.5 Å². The lowest BCUT2D eigenvalue weighted by Crippen LogP contribution is -3.06. The second kappa shape index (κ2) is 13.0. The van der Waals surface area contributed by atoms with Crippen LogP contribution in [0, 0.1) is 0 Å². The molecule has 0 unspecified atom stereocenters. The first-order valence-corrected chi connectivity index (χ1v) is 14.7. The molecular weight excluding hydrogens is 568 g/mol. The fourth-order valence-electron chi connectivity index (χ4n) is 4.11. The van der Waals surface area contributed by atoms with Crippen LogP contribution in [0.4, 0.5) is 0 Å². The van der Waals surface area contributed by atoms with Gasteiger partial charge in [0.25, 0.3) is 0 Å². The summed E-state index contributed by atoms with van der Waals surface area (Å²) in [5.41, 5.74) is 2.29. The number of halogens is 4. The van der Waals surface area contributed by atoms with Gasteiger partial charge in [0.1, 0.15) is 0 Å². The highest BCUT2D eigenvalue weighted by Crippen LogP contribution is 2.44. The van der Waals surface area contributed by atoms with E-state index in [1.807, 2.05) is 54.6 Å². The molecule has 4 aromatic carbocycles. The van der Waals surface area contributed by atoms with E-state index in [-0.39, 0.29) is 5.92 Å². The molecule has 0 saturated carbocycles. The van der Waals surface area contributed by atoms with Crippen LogP contribution in [0.5, 0.6) is 0 Å². The van der Waals surface area contributed by atoms with Crippen molar-refractivity contribution in [2.75, 3.05) is 20.6 Å². The van der Waals surface area contributed by atoms with Gasteiger partial charge in [-0.25, -0.2) is 0 Å². The first-order valence-electron chi connectivity index (χ1n) is 11.5. The molecule has 0 amide bonds. The Labute approximate surface area is 242 Å². The largest absolute Gasteiger partial charge is 0.339 e. The van der Waals surface area contributed by atoms with Crippen LogP contribution in [0.3, 0.4) is 0 Å². The maximum absolute atomic E-state index is 6.82. The zero-order valence-corrected chi connectivity index (χ0v) is 24.6. The third-order valence-electron chi connectivity index (χ3n) is 5.65. The third-order valence-corrected chi connectivity index (χ3v) is 9.54. The second-order valence-corrected chi connectivity index (χ2v) is 12.6. The van der Waals surface area contributed by atoms with Gasteiger partial charge in [0.2, 0.25) is 0 Å². The number of benzene rings is 4. The lowest BCUT2D eigenvalue weighted by atomic mass is 9.91. The summed E-state index contributed by atoms with van der Waals surface area (Å²) in [6.45, 7) is 0.903. The second-order valence-electron chi connectivity index (χ2n) is 8.80. The number of hydrogen-bond donors (Lipinski definition) is 1. The van der Waals surface area contributed by atoms with Crippen LogP contribution in [-0.4, -0.2) is 20.6 Å². The smallest absolute Gasteiger partial charge is 0.0840 e. The van der Waals surface area contributed by atoms with Crippen molar-refractivity contribution in [2.24, 2.45) is 0 Å². The van der Waals surface area contributed by atoms with E-state index < -0.39 is 0 Å². The highest BCUT2D eigenvalue weighted by molar-refractivity contribution is 7.99. The summed E-state index contributed by atoms with van der Waals surface area (Å²) in [5, 5.41) is 2.44. The first-order chi connectivity index (χ1) is 17.3. The van der Waals surface area contributed by atoms with Gasteiger partial charge in [-0.15, -0.1) is 0 Å². The summed E-state index contributed by atoms with van der Waals surface area (Å²) in [7, 11) is 4.33. The van der Waals surface area contributed by atoms with Gasteiger partial charge in [-0.3, -0.25) is 0 Å². The molecule has 0 radical (unpaired) electrons. The Bertz CT molecular complexity index is 1310.